The summed E-state index contributed by atoms with van der Waals surface area (Å²) < 4.78 is 12.6. The summed E-state index contributed by atoms with van der Waals surface area (Å²) in [5.74, 6) is 5.85. The largest absolute Gasteiger partial charge is 0.479 e. The van der Waals surface area contributed by atoms with Crippen LogP contribution in [0.25, 0.3) is 16.4 Å². The van der Waals surface area contributed by atoms with Gasteiger partial charge in [0.1, 0.15) is 11.8 Å². The maximum atomic E-state index is 12.6. The van der Waals surface area contributed by atoms with Crippen LogP contribution in [0.5, 0.6) is 5.75 Å². The average molecular weight is 332 g/mol. The highest BCUT2D eigenvalue weighted by molar-refractivity contribution is 6.12. The zero-order valence-corrected chi connectivity index (χ0v) is 13.8. The fourth-order valence-corrected chi connectivity index (χ4v) is 2.69. The summed E-state index contributed by atoms with van der Waals surface area (Å²) in [5, 5.41) is 9.43. The van der Waals surface area contributed by atoms with Crippen molar-refractivity contribution < 1.29 is 14.3 Å². The van der Waals surface area contributed by atoms with Gasteiger partial charge in [-0.3, -0.25) is 0 Å². The number of nitrogens with zero attached hydrogens (tertiary/aromatic N) is 2. The Bertz CT molecular complexity index is 1030. The molecule has 0 aliphatic carbocycles. The number of carbonyl (C=O) groups excluding carboxylic acids is 1. The fraction of sp³-hybridized carbons (Fsp3) is 0.200. The van der Waals surface area contributed by atoms with E-state index in [2.05, 4.69) is 11.8 Å². The van der Waals surface area contributed by atoms with Gasteiger partial charge in [0, 0.05) is 24.1 Å². The molecule has 0 unspecified atom stereocenters. The minimum absolute atomic E-state index is 0.0280. The van der Waals surface area contributed by atoms with Crippen molar-refractivity contribution in [3.8, 4) is 23.7 Å². The lowest BCUT2D eigenvalue weighted by atomic mass is 10.1. The predicted molar refractivity (Wildman–Crippen MR) is 94.4 cm³/mol. The lowest BCUT2D eigenvalue weighted by molar-refractivity contribution is 0.0561. The molecule has 0 fully saturated rings. The normalized spacial score (nSPS) is 10.1. The fourth-order valence-electron chi connectivity index (χ4n) is 2.69. The zero-order chi connectivity index (χ0) is 17.6. The van der Waals surface area contributed by atoms with Crippen molar-refractivity contribution in [1.82, 2.24) is 4.40 Å². The van der Waals surface area contributed by atoms with E-state index < -0.39 is 5.97 Å². The second-order valence-corrected chi connectivity index (χ2v) is 5.24. The Morgan fingerprint density at radius 2 is 2.04 bits per heavy atom. The van der Waals surface area contributed by atoms with Gasteiger partial charge in [-0.1, -0.05) is 18.9 Å². The Morgan fingerprint density at radius 3 is 2.84 bits per heavy atom. The molecule has 124 valence electrons. The van der Waals surface area contributed by atoms with Crippen LogP contribution in [0.2, 0.25) is 0 Å². The van der Waals surface area contributed by atoms with E-state index in [1.807, 2.05) is 53.9 Å². The van der Waals surface area contributed by atoms with Gasteiger partial charge in [0.25, 0.3) is 0 Å². The molecule has 3 rings (SSSR count). The van der Waals surface area contributed by atoms with E-state index in [9.17, 15) is 4.79 Å². The SMILES string of the molecule is CCC#CCOC(=O)c1c2ccc(OCC#N)cc2n2ccccc12. The number of esters is 1. The van der Waals surface area contributed by atoms with Crippen molar-refractivity contribution in [2.75, 3.05) is 13.2 Å². The Labute approximate surface area is 145 Å². The molecule has 2 aromatic heterocycles. The first-order valence-electron chi connectivity index (χ1n) is 7.91. The molecule has 0 N–H and O–H groups in total. The van der Waals surface area contributed by atoms with Gasteiger partial charge in [-0.05, 0) is 24.3 Å². The van der Waals surface area contributed by atoms with Crippen LogP contribution >= 0.6 is 0 Å². The summed E-state index contributed by atoms with van der Waals surface area (Å²) in [6.45, 7) is 1.98. The summed E-state index contributed by atoms with van der Waals surface area (Å²) in [4.78, 5) is 12.6. The molecule has 0 saturated heterocycles. The molecule has 0 bridgehead atoms. The lowest BCUT2D eigenvalue weighted by Gasteiger charge is -2.02. The molecule has 0 amide bonds. The van der Waals surface area contributed by atoms with Crippen molar-refractivity contribution in [3.05, 3.63) is 48.2 Å². The van der Waals surface area contributed by atoms with E-state index in [1.54, 1.807) is 6.07 Å². The van der Waals surface area contributed by atoms with Crippen molar-refractivity contribution in [1.29, 1.82) is 5.26 Å². The summed E-state index contributed by atoms with van der Waals surface area (Å²) in [5.41, 5.74) is 2.07. The van der Waals surface area contributed by atoms with Crippen LogP contribution in [0.1, 0.15) is 23.7 Å². The van der Waals surface area contributed by atoms with Crippen molar-refractivity contribution in [2.45, 2.75) is 13.3 Å². The van der Waals surface area contributed by atoms with Gasteiger partial charge in [-0.15, -0.1) is 5.92 Å². The first-order valence-corrected chi connectivity index (χ1v) is 7.91. The Hall–Kier alpha value is -3.44. The maximum Gasteiger partial charge on any atom is 0.341 e. The van der Waals surface area contributed by atoms with E-state index in [4.69, 9.17) is 14.7 Å². The van der Waals surface area contributed by atoms with Crippen LogP contribution in [0.15, 0.2) is 42.6 Å². The van der Waals surface area contributed by atoms with Crippen LogP contribution in [-0.4, -0.2) is 23.6 Å². The number of hydrogen-bond donors (Lipinski definition) is 0. The first-order chi connectivity index (χ1) is 12.3. The van der Waals surface area contributed by atoms with Crippen LogP contribution in [0, 0.1) is 23.2 Å². The standard InChI is InChI=1S/C20H16N2O3/c1-2-3-6-12-25-20(23)19-16-9-8-15(24-13-10-21)14-18(16)22-11-5-4-7-17(19)22/h4-5,7-9,11,14H,2,12-13H2,1H3. The highest BCUT2D eigenvalue weighted by atomic mass is 16.5. The molecule has 0 aliphatic heterocycles. The molecule has 25 heavy (non-hydrogen) atoms. The Balaban J connectivity index is 2.07. The molecule has 0 aliphatic rings. The molecule has 0 saturated carbocycles. The number of hydrogen-bond acceptors (Lipinski definition) is 4. The van der Waals surface area contributed by atoms with Crippen LogP contribution < -0.4 is 4.74 Å². The van der Waals surface area contributed by atoms with Crippen LogP contribution in [0.4, 0.5) is 0 Å². The number of benzene rings is 1. The predicted octanol–water partition coefficient (Wildman–Crippen LogP) is 3.57. The lowest BCUT2D eigenvalue weighted by Crippen LogP contribution is -2.05. The number of ether oxygens (including phenoxy) is 2. The summed E-state index contributed by atoms with van der Waals surface area (Å²) in [6.07, 6.45) is 2.60. The van der Waals surface area contributed by atoms with Crippen molar-refractivity contribution in [3.63, 3.8) is 0 Å². The van der Waals surface area contributed by atoms with Crippen molar-refractivity contribution in [2.24, 2.45) is 0 Å². The minimum atomic E-state index is -0.408. The third kappa shape index (κ3) is 3.27. The van der Waals surface area contributed by atoms with Crippen LogP contribution in [0.3, 0.4) is 0 Å². The van der Waals surface area contributed by atoms with E-state index in [0.29, 0.717) is 11.3 Å². The Morgan fingerprint density at radius 1 is 1.16 bits per heavy atom. The number of carbonyl (C=O) groups is 1. The van der Waals surface area contributed by atoms with Gasteiger partial charge in [0.05, 0.1) is 16.6 Å². The molecule has 0 radical (unpaired) electrons. The van der Waals surface area contributed by atoms with Gasteiger partial charge < -0.3 is 13.9 Å². The molecular formula is C20H16N2O3. The summed E-state index contributed by atoms with van der Waals surface area (Å²) in [7, 11) is 0. The van der Waals surface area contributed by atoms with E-state index in [1.165, 1.54) is 0 Å². The molecule has 0 spiro atoms. The van der Waals surface area contributed by atoms with Gasteiger partial charge in [0.2, 0.25) is 0 Å². The van der Waals surface area contributed by atoms with Gasteiger partial charge in [-0.25, -0.2) is 4.79 Å². The summed E-state index contributed by atoms with van der Waals surface area (Å²) >= 11 is 0. The van der Waals surface area contributed by atoms with Gasteiger partial charge in [-0.2, -0.15) is 5.26 Å². The second kappa shape index (κ2) is 7.42. The number of fused-ring (bicyclic) bond motifs is 3. The third-order valence-corrected chi connectivity index (χ3v) is 3.70. The van der Waals surface area contributed by atoms with Crippen molar-refractivity contribution >= 4 is 22.4 Å². The first kappa shape index (κ1) is 16.4. The average Bonchev–Trinajstić information content (AvgIpc) is 2.97. The Kier molecular flexibility index (Phi) is 4.87. The van der Waals surface area contributed by atoms with E-state index in [-0.39, 0.29) is 13.2 Å². The molecule has 5 heteroatoms. The second-order valence-electron chi connectivity index (χ2n) is 5.24. The molecule has 5 nitrogen and oxygen atoms in total. The molecule has 0 atom stereocenters. The number of pyridine rings is 1. The quantitative estimate of drug-likeness (QED) is 0.541. The third-order valence-electron chi connectivity index (χ3n) is 3.70. The molecular weight excluding hydrogens is 316 g/mol. The van der Waals surface area contributed by atoms with E-state index >= 15 is 0 Å². The topological polar surface area (TPSA) is 63.7 Å². The highest BCUT2D eigenvalue weighted by Gasteiger charge is 2.19. The van der Waals surface area contributed by atoms with Gasteiger partial charge >= 0.3 is 5.97 Å². The molecule has 2 heterocycles. The molecule has 1 aromatic carbocycles. The summed E-state index contributed by atoms with van der Waals surface area (Å²) in [6, 6.07) is 12.9. The minimum Gasteiger partial charge on any atom is -0.479 e. The number of aromatic nitrogens is 1. The number of nitriles is 1. The smallest absolute Gasteiger partial charge is 0.341 e. The monoisotopic (exact) mass is 332 g/mol. The maximum absolute atomic E-state index is 12.6. The van der Waals surface area contributed by atoms with Gasteiger partial charge in [0.15, 0.2) is 13.2 Å². The molecule has 3 aromatic rings. The van der Waals surface area contributed by atoms with E-state index in [0.717, 1.165) is 22.8 Å². The highest BCUT2D eigenvalue weighted by Crippen LogP contribution is 2.30. The number of rotatable bonds is 4. The van der Waals surface area contributed by atoms with Crippen LogP contribution in [-0.2, 0) is 4.74 Å². The zero-order valence-electron chi connectivity index (χ0n) is 13.8.